The fourth-order valence-electron chi connectivity index (χ4n) is 1.43. The van der Waals surface area contributed by atoms with Crippen LogP contribution in [0.1, 0.15) is 12.5 Å². The SMILES string of the molecule is CC(=O)On1c(=O)cnc2cc(C)ccc21. The summed E-state index contributed by atoms with van der Waals surface area (Å²) in [6.45, 7) is 3.16. The topological polar surface area (TPSA) is 61.2 Å². The van der Waals surface area contributed by atoms with Crippen molar-refractivity contribution in [3.63, 3.8) is 0 Å². The maximum Gasteiger partial charge on any atom is 0.330 e. The van der Waals surface area contributed by atoms with Crippen LogP contribution in [-0.4, -0.2) is 15.7 Å². The molecule has 0 atom stereocenters. The molecule has 0 fully saturated rings. The van der Waals surface area contributed by atoms with Crippen LogP contribution in [0, 0.1) is 6.92 Å². The van der Waals surface area contributed by atoms with Crippen LogP contribution >= 0.6 is 0 Å². The van der Waals surface area contributed by atoms with E-state index in [2.05, 4.69) is 4.98 Å². The molecular formula is C11H10N2O3. The zero-order valence-corrected chi connectivity index (χ0v) is 8.93. The van der Waals surface area contributed by atoms with Crippen molar-refractivity contribution in [1.29, 1.82) is 0 Å². The number of aromatic nitrogens is 2. The third-order valence-electron chi connectivity index (χ3n) is 2.08. The Morgan fingerprint density at radius 3 is 2.88 bits per heavy atom. The second kappa shape index (κ2) is 3.77. The van der Waals surface area contributed by atoms with Gasteiger partial charge in [0, 0.05) is 6.92 Å². The molecule has 82 valence electrons. The van der Waals surface area contributed by atoms with Gasteiger partial charge < -0.3 is 4.84 Å². The minimum Gasteiger partial charge on any atom is -0.333 e. The van der Waals surface area contributed by atoms with Gasteiger partial charge in [-0.2, -0.15) is 0 Å². The highest BCUT2D eigenvalue weighted by atomic mass is 16.7. The Morgan fingerprint density at radius 2 is 2.19 bits per heavy atom. The number of nitrogens with zero attached hydrogens (tertiary/aromatic N) is 2. The summed E-state index contributed by atoms with van der Waals surface area (Å²) in [6, 6.07) is 5.33. The average Bonchev–Trinajstić information content (AvgIpc) is 2.22. The molecule has 0 bridgehead atoms. The Morgan fingerprint density at radius 1 is 1.44 bits per heavy atom. The molecule has 0 aliphatic carbocycles. The van der Waals surface area contributed by atoms with Crippen molar-refractivity contribution in [2.75, 3.05) is 0 Å². The minimum atomic E-state index is -0.546. The third-order valence-corrected chi connectivity index (χ3v) is 2.08. The fourth-order valence-corrected chi connectivity index (χ4v) is 1.43. The van der Waals surface area contributed by atoms with Crippen LogP contribution in [0.5, 0.6) is 0 Å². The lowest BCUT2D eigenvalue weighted by atomic mass is 10.2. The summed E-state index contributed by atoms with van der Waals surface area (Å²) in [5, 5.41) is 0. The van der Waals surface area contributed by atoms with Gasteiger partial charge in [0.25, 0.3) is 0 Å². The fraction of sp³-hybridized carbons (Fsp3) is 0.182. The Kier molecular flexibility index (Phi) is 2.44. The van der Waals surface area contributed by atoms with Crippen LogP contribution in [-0.2, 0) is 4.79 Å². The molecule has 1 aromatic heterocycles. The molecule has 2 rings (SSSR count). The van der Waals surface area contributed by atoms with Gasteiger partial charge in [-0.05, 0) is 24.6 Å². The van der Waals surface area contributed by atoms with Gasteiger partial charge in [-0.25, -0.2) is 9.78 Å². The van der Waals surface area contributed by atoms with Gasteiger partial charge >= 0.3 is 11.5 Å². The second-order valence-electron chi connectivity index (χ2n) is 3.47. The number of rotatable bonds is 1. The van der Waals surface area contributed by atoms with E-state index in [9.17, 15) is 9.59 Å². The lowest BCUT2D eigenvalue weighted by molar-refractivity contribution is -0.141. The van der Waals surface area contributed by atoms with E-state index >= 15 is 0 Å². The number of hydrogen-bond donors (Lipinski definition) is 0. The third kappa shape index (κ3) is 1.79. The Labute approximate surface area is 91.2 Å². The van der Waals surface area contributed by atoms with E-state index in [0.29, 0.717) is 11.0 Å². The molecule has 0 amide bonds. The van der Waals surface area contributed by atoms with Crippen molar-refractivity contribution in [3.05, 3.63) is 40.3 Å². The van der Waals surface area contributed by atoms with Gasteiger partial charge in [-0.1, -0.05) is 6.07 Å². The molecule has 0 saturated carbocycles. The smallest absolute Gasteiger partial charge is 0.330 e. The number of benzene rings is 1. The second-order valence-corrected chi connectivity index (χ2v) is 3.47. The van der Waals surface area contributed by atoms with E-state index in [4.69, 9.17) is 4.84 Å². The molecule has 0 aliphatic rings. The first-order chi connectivity index (χ1) is 7.58. The maximum atomic E-state index is 11.5. The predicted octanol–water partition coefficient (Wildman–Crippen LogP) is 0.680. The lowest BCUT2D eigenvalue weighted by Gasteiger charge is -2.07. The van der Waals surface area contributed by atoms with Gasteiger partial charge in [-0.3, -0.25) is 4.79 Å². The molecule has 0 aliphatic heterocycles. The van der Waals surface area contributed by atoms with Crippen LogP contribution in [0.2, 0.25) is 0 Å². The van der Waals surface area contributed by atoms with E-state index in [-0.39, 0.29) is 0 Å². The summed E-state index contributed by atoms with van der Waals surface area (Å²) in [6.07, 6.45) is 1.13. The predicted molar refractivity (Wildman–Crippen MR) is 58.0 cm³/mol. The first-order valence-corrected chi connectivity index (χ1v) is 4.75. The van der Waals surface area contributed by atoms with E-state index in [1.807, 2.05) is 19.1 Å². The van der Waals surface area contributed by atoms with Gasteiger partial charge in [0.1, 0.15) is 5.52 Å². The molecule has 0 N–H and O–H groups in total. The van der Waals surface area contributed by atoms with Crippen molar-refractivity contribution in [2.24, 2.45) is 0 Å². The number of carbonyl (C=O) groups is 1. The summed E-state index contributed by atoms with van der Waals surface area (Å²) in [5.74, 6) is -0.546. The van der Waals surface area contributed by atoms with Crippen LogP contribution in [0.3, 0.4) is 0 Å². The number of fused-ring (bicyclic) bond motifs is 1. The monoisotopic (exact) mass is 218 g/mol. The van der Waals surface area contributed by atoms with Gasteiger partial charge in [0.15, 0.2) is 0 Å². The first kappa shape index (κ1) is 10.4. The molecule has 0 radical (unpaired) electrons. The summed E-state index contributed by atoms with van der Waals surface area (Å²) >= 11 is 0. The van der Waals surface area contributed by atoms with Crippen LogP contribution in [0.4, 0.5) is 0 Å². The molecule has 2 aromatic rings. The molecule has 0 saturated heterocycles. The van der Waals surface area contributed by atoms with Crippen LogP contribution in [0.15, 0.2) is 29.2 Å². The largest absolute Gasteiger partial charge is 0.333 e. The molecule has 5 heteroatoms. The van der Waals surface area contributed by atoms with Gasteiger partial charge in [0.2, 0.25) is 0 Å². The summed E-state index contributed by atoms with van der Waals surface area (Å²) < 4.78 is 0.949. The quantitative estimate of drug-likeness (QED) is 0.706. The zero-order chi connectivity index (χ0) is 11.7. The van der Waals surface area contributed by atoms with Gasteiger partial charge in [-0.15, -0.1) is 4.73 Å². The van der Waals surface area contributed by atoms with Crippen molar-refractivity contribution < 1.29 is 9.63 Å². The molecular weight excluding hydrogens is 208 g/mol. The van der Waals surface area contributed by atoms with E-state index in [0.717, 1.165) is 16.5 Å². The Hall–Kier alpha value is -2.17. The van der Waals surface area contributed by atoms with E-state index in [1.165, 1.54) is 6.92 Å². The highest BCUT2D eigenvalue weighted by Gasteiger charge is 2.06. The molecule has 16 heavy (non-hydrogen) atoms. The Balaban J connectivity index is 2.74. The number of aryl methyl sites for hydroxylation is 1. The minimum absolute atomic E-state index is 0.466. The molecule has 1 heterocycles. The highest BCUT2D eigenvalue weighted by molar-refractivity contribution is 5.76. The zero-order valence-electron chi connectivity index (χ0n) is 8.93. The number of carbonyl (C=O) groups excluding carboxylic acids is 1. The summed E-state index contributed by atoms with van der Waals surface area (Å²) in [4.78, 5) is 31.2. The van der Waals surface area contributed by atoms with Crippen molar-refractivity contribution in [1.82, 2.24) is 9.71 Å². The van der Waals surface area contributed by atoms with Crippen molar-refractivity contribution in [2.45, 2.75) is 13.8 Å². The Bertz CT molecular complexity index is 616. The lowest BCUT2D eigenvalue weighted by Crippen LogP contribution is -2.29. The molecule has 1 aromatic carbocycles. The van der Waals surface area contributed by atoms with Crippen molar-refractivity contribution in [3.8, 4) is 0 Å². The maximum absolute atomic E-state index is 11.5. The van der Waals surface area contributed by atoms with E-state index < -0.39 is 11.5 Å². The molecule has 0 unspecified atom stereocenters. The van der Waals surface area contributed by atoms with E-state index in [1.54, 1.807) is 6.07 Å². The summed E-state index contributed by atoms with van der Waals surface area (Å²) in [5.41, 5.74) is 1.65. The molecule has 5 nitrogen and oxygen atoms in total. The summed E-state index contributed by atoms with van der Waals surface area (Å²) in [7, 11) is 0. The van der Waals surface area contributed by atoms with Crippen LogP contribution < -0.4 is 10.4 Å². The standard InChI is InChI=1S/C11H10N2O3/c1-7-3-4-10-9(5-7)12-6-11(15)13(10)16-8(2)14/h3-6H,1-2H3. The first-order valence-electron chi connectivity index (χ1n) is 4.75. The normalized spacial score (nSPS) is 10.4. The van der Waals surface area contributed by atoms with Crippen molar-refractivity contribution >= 4 is 17.0 Å². The highest BCUT2D eigenvalue weighted by Crippen LogP contribution is 2.10. The average molecular weight is 218 g/mol. The van der Waals surface area contributed by atoms with Gasteiger partial charge in [0.05, 0.1) is 11.7 Å². The van der Waals surface area contributed by atoms with Crippen LogP contribution in [0.25, 0.3) is 11.0 Å². The number of hydrogen-bond acceptors (Lipinski definition) is 4. The molecule has 0 spiro atoms.